The van der Waals surface area contributed by atoms with Crippen LogP contribution in [0.3, 0.4) is 0 Å². The van der Waals surface area contributed by atoms with E-state index in [1.807, 2.05) is 6.92 Å². The lowest BCUT2D eigenvalue weighted by Crippen LogP contribution is -2.28. The predicted molar refractivity (Wildman–Crippen MR) is 172 cm³/mol. The molecule has 0 spiro atoms. The molecule has 0 amide bonds. The molecule has 0 bridgehead atoms. The molecule has 0 saturated heterocycles. The van der Waals surface area contributed by atoms with Crippen molar-refractivity contribution < 1.29 is 9.90 Å². The van der Waals surface area contributed by atoms with Gasteiger partial charge in [0.25, 0.3) is 0 Å². The molecule has 0 heterocycles. The zero-order chi connectivity index (χ0) is 27.3. The van der Waals surface area contributed by atoms with Crippen molar-refractivity contribution in [2.45, 2.75) is 192 Å². The summed E-state index contributed by atoms with van der Waals surface area (Å²) in [5, 5.41) is 9.79. The molecule has 1 N–H and O–H groups in total. The predicted octanol–water partition coefficient (Wildman–Crippen LogP) is 12.4. The van der Waals surface area contributed by atoms with Crippen LogP contribution in [0.15, 0.2) is 0 Å². The van der Waals surface area contributed by atoms with Crippen molar-refractivity contribution >= 4 is 29.5 Å². The van der Waals surface area contributed by atoms with Crippen molar-refractivity contribution in [1.29, 1.82) is 0 Å². The Morgan fingerprint density at radius 3 is 0.892 bits per heavy atom. The van der Waals surface area contributed by atoms with Crippen LogP contribution in [-0.4, -0.2) is 26.7 Å². The lowest BCUT2D eigenvalue weighted by molar-refractivity contribution is -0.136. The summed E-state index contributed by atoms with van der Waals surface area (Å²) >= 11 is 3.32. The number of carboxylic acids is 1. The largest absolute Gasteiger partial charge is 0.480 e. The maximum Gasteiger partial charge on any atom is 0.329 e. The minimum Gasteiger partial charge on any atom is -0.480 e. The van der Waals surface area contributed by atoms with Gasteiger partial charge in [0, 0.05) is 0 Å². The van der Waals surface area contributed by atoms with Crippen LogP contribution in [0.1, 0.15) is 188 Å². The van der Waals surface area contributed by atoms with Gasteiger partial charge in [0.15, 0.2) is 4.08 Å². The van der Waals surface area contributed by atoms with E-state index >= 15 is 0 Å². The van der Waals surface area contributed by atoms with Crippen LogP contribution in [0.25, 0.3) is 0 Å². The molecule has 0 fully saturated rings. The number of rotatable bonds is 31. The van der Waals surface area contributed by atoms with Crippen LogP contribution in [0.5, 0.6) is 0 Å². The van der Waals surface area contributed by atoms with Crippen LogP contribution in [-0.2, 0) is 4.79 Å². The normalized spacial score (nSPS) is 13.2. The molecular weight excluding hydrogens is 492 g/mol. The number of unbranched alkanes of at least 4 members (excludes halogenated alkanes) is 24. The highest BCUT2D eigenvalue weighted by atomic mass is 32.2. The highest BCUT2D eigenvalue weighted by molar-refractivity contribution is 8.19. The van der Waals surface area contributed by atoms with E-state index in [1.54, 1.807) is 23.5 Å². The van der Waals surface area contributed by atoms with Crippen molar-refractivity contribution in [3.05, 3.63) is 0 Å². The first-order chi connectivity index (χ1) is 18.1. The Morgan fingerprint density at radius 1 is 0.459 bits per heavy atom. The average molecular weight is 559 g/mol. The Hall–Kier alpha value is 0.170. The summed E-state index contributed by atoms with van der Waals surface area (Å²) in [6.45, 7) is 6.48. The summed E-state index contributed by atoms with van der Waals surface area (Å²) in [7, 11) is 0. The molecule has 0 aromatic rings. The third-order valence-corrected chi connectivity index (χ3v) is 10.8. The van der Waals surface area contributed by atoms with Crippen molar-refractivity contribution in [2.75, 3.05) is 11.5 Å². The van der Waals surface area contributed by atoms with E-state index < -0.39 is 10.0 Å². The summed E-state index contributed by atoms with van der Waals surface area (Å²) in [5.74, 6) is 1.31. The highest BCUT2D eigenvalue weighted by Crippen LogP contribution is 2.38. The molecule has 4 heteroatoms. The smallest absolute Gasteiger partial charge is 0.329 e. The van der Waals surface area contributed by atoms with Gasteiger partial charge in [-0.3, -0.25) is 0 Å². The minimum atomic E-state index is -0.672. The van der Waals surface area contributed by atoms with Gasteiger partial charge in [0.2, 0.25) is 0 Å². The molecule has 0 aliphatic carbocycles. The second-order valence-corrected chi connectivity index (χ2v) is 14.7. The molecule has 37 heavy (non-hydrogen) atoms. The van der Waals surface area contributed by atoms with E-state index in [1.165, 1.54) is 154 Å². The number of aliphatic carboxylic acids is 1. The molecule has 0 radical (unpaired) electrons. The second-order valence-electron chi connectivity index (χ2n) is 11.4. The van der Waals surface area contributed by atoms with Crippen LogP contribution in [0.2, 0.25) is 0 Å². The first-order valence-electron chi connectivity index (χ1n) is 16.6. The van der Waals surface area contributed by atoms with Crippen LogP contribution >= 0.6 is 23.5 Å². The molecule has 0 rings (SSSR count). The van der Waals surface area contributed by atoms with Gasteiger partial charge in [0.1, 0.15) is 0 Å². The van der Waals surface area contributed by atoms with Crippen molar-refractivity contribution in [1.82, 2.24) is 0 Å². The summed E-state index contributed by atoms with van der Waals surface area (Å²) < 4.78 is -0.672. The Balaban J connectivity index is 3.52. The summed E-state index contributed by atoms with van der Waals surface area (Å²) in [5.41, 5.74) is 0. The van der Waals surface area contributed by atoms with Gasteiger partial charge in [-0.2, -0.15) is 0 Å². The van der Waals surface area contributed by atoms with Gasteiger partial charge in [0.05, 0.1) is 0 Å². The number of carboxylic acid groups (broad SMARTS) is 1. The fraction of sp³-hybridized carbons (Fsp3) is 0.970. The average Bonchev–Trinajstić information content (AvgIpc) is 2.89. The van der Waals surface area contributed by atoms with E-state index in [0.717, 1.165) is 24.3 Å². The molecule has 2 nitrogen and oxygen atoms in total. The van der Waals surface area contributed by atoms with Crippen LogP contribution in [0, 0.1) is 0 Å². The molecule has 0 aromatic heterocycles. The third kappa shape index (κ3) is 26.2. The molecule has 1 unspecified atom stereocenters. The Kier molecular flexibility index (Phi) is 29.3. The Labute approximate surface area is 242 Å². The van der Waals surface area contributed by atoms with Gasteiger partial charge < -0.3 is 5.11 Å². The first-order valence-corrected chi connectivity index (χ1v) is 18.5. The van der Waals surface area contributed by atoms with Crippen molar-refractivity contribution in [2.24, 2.45) is 0 Å². The zero-order valence-electron chi connectivity index (χ0n) is 25.5. The number of hydrogen-bond acceptors (Lipinski definition) is 3. The first kappa shape index (κ1) is 37.2. The molecular formula is C33H66O2S2. The van der Waals surface area contributed by atoms with Crippen LogP contribution < -0.4 is 0 Å². The fourth-order valence-corrected chi connectivity index (χ4v) is 7.49. The molecule has 222 valence electrons. The quantitative estimate of drug-likeness (QED) is 0.0678. The highest BCUT2D eigenvalue weighted by Gasteiger charge is 2.33. The topological polar surface area (TPSA) is 37.3 Å². The van der Waals surface area contributed by atoms with E-state index in [-0.39, 0.29) is 0 Å². The number of thioether (sulfide) groups is 2. The summed E-state index contributed by atoms with van der Waals surface area (Å²) in [6.07, 6.45) is 35.5. The lowest BCUT2D eigenvalue weighted by Gasteiger charge is -2.23. The summed E-state index contributed by atoms with van der Waals surface area (Å²) in [4.78, 5) is 11.9. The SMILES string of the molecule is CCCCCCCCCCCCCCCCCCSC(C)(SCCCCCCCCCCCC)C(=O)O. The van der Waals surface area contributed by atoms with E-state index in [4.69, 9.17) is 0 Å². The van der Waals surface area contributed by atoms with Gasteiger partial charge >= 0.3 is 5.97 Å². The lowest BCUT2D eigenvalue weighted by atomic mass is 10.0. The minimum absolute atomic E-state index is 0.647. The van der Waals surface area contributed by atoms with Gasteiger partial charge in [-0.25, -0.2) is 4.79 Å². The number of carbonyl (C=O) groups is 1. The molecule has 0 aliphatic heterocycles. The van der Waals surface area contributed by atoms with E-state index in [9.17, 15) is 9.90 Å². The van der Waals surface area contributed by atoms with Crippen LogP contribution in [0.4, 0.5) is 0 Å². The number of hydrogen-bond donors (Lipinski definition) is 1. The molecule has 0 aromatic carbocycles. The van der Waals surface area contributed by atoms with Crippen molar-refractivity contribution in [3.63, 3.8) is 0 Å². The zero-order valence-corrected chi connectivity index (χ0v) is 27.1. The second kappa shape index (κ2) is 29.2. The maximum absolute atomic E-state index is 11.9. The van der Waals surface area contributed by atoms with Gasteiger partial charge in [-0.1, -0.05) is 168 Å². The van der Waals surface area contributed by atoms with Gasteiger partial charge in [-0.05, 0) is 31.3 Å². The molecule has 0 aliphatic rings. The molecule has 0 saturated carbocycles. The maximum atomic E-state index is 11.9. The summed E-state index contributed by atoms with van der Waals surface area (Å²) in [6, 6.07) is 0. The fourth-order valence-electron chi connectivity index (χ4n) is 4.94. The Morgan fingerprint density at radius 2 is 0.676 bits per heavy atom. The Bertz CT molecular complexity index is 471. The van der Waals surface area contributed by atoms with E-state index in [2.05, 4.69) is 13.8 Å². The molecule has 1 atom stereocenters. The van der Waals surface area contributed by atoms with E-state index in [0.29, 0.717) is 0 Å². The van der Waals surface area contributed by atoms with Gasteiger partial charge in [-0.15, -0.1) is 23.5 Å². The standard InChI is InChI=1S/C33H66O2S2/c1-4-6-8-10-12-14-16-17-18-19-20-21-23-25-27-29-31-37-33(3,32(34)35)36-30-28-26-24-22-15-13-11-9-7-5-2/h4-31H2,1-3H3,(H,34,35). The third-order valence-electron chi connectivity index (χ3n) is 7.64. The monoisotopic (exact) mass is 558 g/mol. The van der Waals surface area contributed by atoms with Crippen molar-refractivity contribution in [3.8, 4) is 0 Å².